The van der Waals surface area contributed by atoms with Gasteiger partial charge in [0.2, 0.25) is 0 Å². The van der Waals surface area contributed by atoms with Gasteiger partial charge >= 0.3 is 0 Å². The zero-order valence-electron chi connectivity index (χ0n) is 13.4. The van der Waals surface area contributed by atoms with Crippen LogP contribution in [-0.4, -0.2) is 46.2 Å². The van der Waals surface area contributed by atoms with Crippen LogP contribution in [0.3, 0.4) is 0 Å². The summed E-state index contributed by atoms with van der Waals surface area (Å²) in [6.45, 7) is 4.99. The van der Waals surface area contributed by atoms with Crippen LogP contribution in [0.15, 0.2) is 30.6 Å². The SMILES string of the molecule is CCc1nccn1-c1cccc(C2CCCN2CCOC)n1. The van der Waals surface area contributed by atoms with Crippen molar-refractivity contribution < 1.29 is 4.74 Å². The highest BCUT2D eigenvalue weighted by Gasteiger charge is 2.26. The van der Waals surface area contributed by atoms with Crippen LogP contribution in [0.5, 0.6) is 0 Å². The first-order valence-electron chi connectivity index (χ1n) is 8.06. The number of rotatable bonds is 6. The molecule has 3 rings (SSSR count). The molecular formula is C17H24N4O. The van der Waals surface area contributed by atoms with E-state index >= 15 is 0 Å². The van der Waals surface area contributed by atoms with Crippen molar-refractivity contribution in [3.63, 3.8) is 0 Å². The number of aromatic nitrogens is 3. The standard InChI is InChI=1S/C17H24N4O/c1-3-16-18-9-11-21(16)17-8-4-6-14(19-17)15-7-5-10-20(15)12-13-22-2/h4,6,8-9,11,15H,3,5,7,10,12-13H2,1-2H3. The molecule has 2 aromatic heterocycles. The molecule has 0 aromatic carbocycles. The van der Waals surface area contributed by atoms with Crippen LogP contribution in [0.25, 0.3) is 5.82 Å². The van der Waals surface area contributed by atoms with E-state index < -0.39 is 0 Å². The lowest BCUT2D eigenvalue weighted by molar-refractivity contribution is 0.140. The number of hydrogen-bond donors (Lipinski definition) is 0. The van der Waals surface area contributed by atoms with Crippen molar-refractivity contribution in [2.45, 2.75) is 32.2 Å². The number of aryl methyl sites for hydroxylation is 1. The maximum atomic E-state index is 5.23. The summed E-state index contributed by atoms with van der Waals surface area (Å²) in [6.07, 6.45) is 7.13. The van der Waals surface area contributed by atoms with Crippen LogP contribution in [0.1, 0.15) is 37.3 Å². The molecule has 0 N–H and O–H groups in total. The predicted molar refractivity (Wildman–Crippen MR) is 86.2 cm³/mol. The van der Waals surface area contributed by atoms with Gasteiger partial charge in [0.25, 0.3) is 0 Å². The van der Waals surface area contributed by atoms with Crippen molar-refractivity contribution in [3.05, 3.63) is 42.1 Å². The molecule has 118 valence electrons. The predicted octanol–water partition coefficient (Wildman–Crippen LogP) is 2.61. The third kappa shape index (κ3) is 3.05. The summed E-state index contributed by atoms with van der Waals surface area (Å²) in [5, 5.41) is 0. The van der Waals surface area contributed by atoms with E-state index in [1.54, 1.807) is 7.11 Å². The van der Waals surface area contributed by atoms with E-state index in [0.717, 1.165) is 43.5 Å². The molecule has 3 heterocycles. The topological polar surface area (TPSA) is 43.2 Å². The van der Waals surface area contributed by atoms with Crippen molar-refractivity contribution in [2.75, 3.05) is 26.8 Å². The number of pyridine rings is 1. The second-order valence-corrected chi connectivity index (χ2v) is 5.67. The number of nitrogens with zero attached hydrogens (tertiary/aromatic N) is 4. The summed E-state index contributed by atoms with van der Waals surface area (Å²) >= 11 is 0. The van der Waals surface area contributed by atoms with E-state index in [2.05, 4.69) is 39.6 Å². The van der Waals surface area contributed by atoms with Gasteiger partial charge in [-0.05, 0) is 31.5 Å². The van der Waals surface area contributed by atoms with Gasteiger partial charge in [0.15, 0.2) is 0 Å². The molecule has 0 spiro atoms. The van der Waals surface area contributed by atoms with Gasteiger partial charge in [-0.2, -0.15) is 0 Å². The van der Waals surface area contributed by atoms with Gasteiger partial charge in [0, 0.05) is 32.5 Å². The summed E-state index contributed by atoms with van der Waals surface area (Å²) in [5.41, 5.74) is 1.15. The summed E-state index contributed by atoms with van der Waals surface area (Å²) < 4.78 is 7.31. The fraction of sp³-hybridized carbons (Fsp3) is 0.529. The van der Waals surface area contributed by atoms with Gasteiger partial charge in [-0.1, -0.05) is 13.0 Å². The molecule has 1 atom stereocenters. The van der Waals surface area contributed by atoms with Crippen LogP contribution in [-0.2, 0) is 11.2 Å². The quantitative estimate of drug-likeness (QED) is 0.822. The Morgan fingerprint density at radius 3 is 3.09 bits per heavy atom. The monoisotopic (exact) mass is 300 g/mol. The van der Waals surface area contributed by atoms with Crippen LogP contribution in [0.4, 0.5) is 0 Å². The first-order chi connectivity index (χ1) is 10.8. The molecule has 0 saturated carbocycles. The Morgan fingerprint density at radius 1 is 1.36 bits per heavy atom. The molecule has 1 unspecified atom stereocenters. The summed E-state index contributed by atoms with van der Waals surface area (Å²) in [6, 6.07) is 6.70. The molecule has 5 nitrogen and oxygen atoms in total. The minimum absolute atomic E-state index is 0.406. The lowest BCUT2D eigenvalue weighted by Gasteiger charge is -2.24. The van der Waals surface area contributed by atoms with Crippen LogP contribution in [0, 0.1) is 0 Å². The minimum atomic E-state index is 0.406. The highest BCUT2D eigenvalue weighted by Crippen LogP contribution is 2.30. The van der Waals surface area contributed by atoms with Crippen LogP contribution < -0.4 is 0 Å². The third-order valence-corrected chi connectivity index (χ3v) is 4.32. The summed E-state index contributed by atoms with van der Waals surface area (Å²) in [5.74, 6) is 2.01. The smallest absolute Gasteiger partial charge is 0.138 e. The fourth-order valence-corrected chi connectivity index (χ4v) is 3.20. The Labute approximate surface area is 131 Å². The van der Waals surface area contributed by atoms with Crippen LogP contribution >= 0.6 is 0 Å². The fourth-order valence-electron chi connectivity index (χ4n) is 3.20. The van der Waals surface area contributed by atoms with E-state index in [1.165, 1.54) is 12.8 Å². The van der Waals surface area contributed by atoms with Gasteiger partial charge in [0.1, 0.15) is 11.6 Å². The number of likely N-dealkylation sites (tertiary alicyclic amines) is 1. The third-order valence-electron chi connectivity index (χ3n) is 4.32. The van der Waals surface area contributed by atoms with Gasteiger partial charge in [-0.15, -0.1) is 0 Å². The molecule has 0 amide bonds. The minimum Gasteiger partial charge on any atom is -0.383 e. The second kappa shape index (κ2) is 7.03. The van der Waals surface area contributed by atoms with Crippen LogP contribution in [0.2, 0.25) is 0 Å². The zero-order chi connectivity index (χ0) is 15.4. The molecule has 0 bridgehead atoms. The molecule has 1 aliphatic rings. The summed E-state index contributed by atoms with van der Waals surface area (Å²) in [4.78, 5) is 11.8. The number of imidazole rings is 1. The molecule has 1 aliphatic heterocycles. The summed E-state index contributed by atoms with van der Waals surface area (Å²) in [7, 11) is 1.76. The average Bonchev–Trinajstić information content (AvgIpc) is 3.21. The van der Waals surface area contributed by atoms with E-state index in [4.69, 9.17) is 9.72 Å². The van der Waals surface area contributed by atoms with Gasteiger partial charge in [0.05, 0.1) is 18.3 Å². The molecule has 2 aromatic rings. The molecule has 0 radical (unpaired) electrons. The molecule has 1 saturated heterocycles. The largest absolute Gasteiger partial charge is 0.383 e. The lowest BCUT2D eigenvalue weighted by Crippen LogP contribution is -2.27. The van der Waals surface area contributed by atoms with Crippen molar-refractivity contribution in [1.29, 1.82) is 0 Å². The Morgan fingerprint density at radius 2 is 2.27 bits per heavy atom. The Bertz CT molecular complexity index is 610. The van der Waals surface area contributed by atoms with Crippen molar-refractivity contribution in [3.8, 4) is 5.82 Å². The van der Waals surface area contributed by atoms with E-state index in [-0.39, 0.29) is 0 Å². The Balaban J connectivity index is 1.84. The first kappa shape index (κ1) is 15.2. The van der Waals surface area contributed by atoms with Gasteiger partial charge < -0.3 is 4.74 Å². The second-order valence-electron chi connectivity index (χ2n) is 5.67. The highest BCUT2D eigenvalue weighted by atomic mass is 16.5. The van der Waals surface area contributed by atoms with Gasteiger partial charge in [-0.3, -0.25) is 9.47 Å². The van der Waals surface area contributed by atoms with Crippen molar-refractivity contribution in [1.82, 2.24) is 19.4 Å². The van der Waals surface area contributed by atoms with E-state index in [0.29, 0.717) is 6.04 Å². The number of ether oxygens (including phenoxy) is 1. The lowest BCUT2D eigenvalue weighted by atomic mass is 10.1. The van der Waals surface area contributed by atoms with Crippen molar-refractivity contribution >= 4 is 0 Å². The maximum absolute atomic E-state index is 5.23. The average molecular weight is 300 g/mol. The number of methoxy groups -OCH3 is 1. The normalized spacial score (nSPS) is 18.9. The van der Waals surface area contributed by atoms with E-state index in [1.807, 2.05) is 12.4 Å². The Kier molecular flexibility index (Phi) is 4.85. The number of hydrogen-bond acceptors (Lipinski definition) is 4. The molecule has 22 heavy (non-hydrogen) atoms. The molecule has 1 fully saturated rings. The van der Waals surface area contributed by atoms with Gasteiger partial charge in [-0.25, -0.2) is 9.97 Å². The molecule has 5 heteroatoms. The van der Waals surface area contributed by atoms with Crippen molar-refractivity contribution in [2.24, 2.45) is 0 Å². The maximum Gasteiger partial charge on any atom is 0.138 e. The van der Waals surface area contributed by atoms with E-state index in [9.17, 15) is 0 Å². The first-order valence-corrected chi connectivity index (χ1v) is 8.06. The molecular weight excluding hydrogens is 276 g/mol. The molecule has 0 aliphatic carbocycles. The highest BCUT2D eigenvalue weighted by molar-refractivity contribution is 5.28. The zero-order valence-corrected chi connectivity index (χ0v) is 13.4. The Hall–Kier alpha value is -1.72.